The van der Waals surface area contributed by atoms with E-state index in [1.807, 2.05) is 0 Å². The normalized spacial score (nSPS) is 19.3. The first-order chi connectivity index (χ1) is 8.75. The molecule has 94 valence electrons. The number of aromatic amines is 1. The maximum Gasteiger partial charge on any atom is 0.141 e. The molecule has 2 heterocycles. The Morgan fingerprint density at radius 3 is 3.00 bits per heavy atom. The van der Waals surface area contributed by atoms with Gasteiger partial charge in [-0.3, -0.25) is 5.10 Å². The second-order valence-corrected chi connectivity index (χ2v) is 4.88. The lowest BCUT2D eigenvalue weighted by Gasteiger charge is -2.11. The molecule has 0 amide bonds. The van der Waals surface area contributed by atoms with Crippen LogP contribution < -0.4 is 5.32 Å². The van der Waals surface area contributed by atoms with Crippen LogP contribution in [0.5, 0.6) is 0 Å². The van der Waals surface area contributed by atoms with Gasteiger partial charge in [0.15, 0.2) is 0 Å². The molecule has 3 nitrogen and oxygen atoms in total. The number of nitrogens with zero attached hydrogens (tertiary/aromatic N) is 1. The van der Waals surface area contributed by atoms with E-state index in [4.69, 9.17) is 11.6 Å². The Balaban J connectivity index is 2.00. The van der Waals surface area contributed by atoms with E-state index in [0.717, 1.165) is 36.2 Å². The summed E-state index contributed by atoms with van der Waals surface area (Å²) in [5.41, 5.74) is 2.92. The Morgan fingerprint density at radius 1 is 1.39 bits per heavy atom. The molecule has 1 aliphatic rings. The fourth-order valence-corrected chi connectivity index (χ4v) is 2.57. The molecule has 1 aliphatic heterocycles. The summed E-state index contributed by atoms with van der Waals surface area (Å²) in [4.78, 5) is 0. The van der Waals surface area contributed by atoms with E-state index in [1.54, 1.807) is 18.3 Å². The van der Waals surface area contributed by atoms with Crippen LogP contribution in [0.4, 0.5) is 4.39 Å². The zero-order valence-electron chi connectivity index (χ0n) is 9.71. The van der Waals surface area contributed by atoms with Crippen LogP contribution in [0.2, 0.25) is 5.02 Å². The number of hydrogen-bond donors (Lipinski definition) is 2. The third kappa shape index (κ3) is 2.02. The average molecular weight is 266 g/mol. The molecule has 0 saturated carbocycles. The molecule has 3 rings (SSSR count). The molecule has 1 aromatic carbocycles. The summed E-state index contributed by atoms with van der Waals surface area (Å²) in [7, 11) is 0. The highest BCUT2D eigenvalue weighted by molar-refractivity contribution is 6.31. The minimum absolute atomic E-state index is 0.138. The lowest BCUT2D eigenvalue weighted by Crippen LogP contribution is -2.14. The van der Waals surface area contributed by atoms with Gasteiger partial charge >= 0.3 is 0 Å². The van der Waals surface area contributed by atoms with Gasteiger partial charge in [-0.05, 0) is 37.1 Å². The fourth-order valence-electron chi connectivity index (χ4n) is 2.39. The van der Waals surface area contributed by atoms with Gasteiger partial charge in [0.05, 0.1) is 16.9 Å². The SMILES string of the molecule is Fc1ccc(-c2cn[nH]c2C2CCCN2)cc1Cl. The molecule has 2 N–H and O–H groups in total. The minimum Gasteiger partial charge on any atom is -0.309 e. The van der Waals surface area contributed by atoms with E-state index < -0.39 is 5.82 Å². The standard InChI is InChI=1S/C13H13ClFN3/c14-10-6-8(3-4-11(10)15)9-7-17-18-13(9)12-2-1-5-16-12/h3-4,6-7,12,16H,1-2,5H2,(H,17,18). The molecule has 0 radical (unpaired) electrons. The number of hydrogen-bond acceptors (Lipinski definition) is 2. The maximum absolute atomic E-state index is 13.2. The van der Waals surface area contributed by atoms with Crippen LogP contribution in [0.1, 0.15) is 24.6 Å². The van der Waals surface area contributed by atoms with Crippen molar-refractivity contribution < 1.29 is 4.39 Å². The summed E-state index contributed by atoms with van der Waals surface area (Å²) in [6.07, 6.45) is 4.01. The lowest BCUT2D eigenvalue weighted by molar-refractivity contribution is 0.625. The van der Waals surface area contributed by atoms with Crippen molar-refractivity contribution in [2.24, 2.45) is 0 Å². The maximum atomic E-state index is 13.2. The van der Waals surface area contributed by atoms with Crippen molar-refractivity contribution in [2.75, 3.05) is 6.54 Å². The van der Waals surface area contributed by atoms with Crippen LogP contribution in [0, 0.1) is 5.82 Å². The summed E-state index contributed by atoms with van der Waals surface area (Å²) in [5, 5.41) is 10.7. The Bertz CT molecular complexity index is 561. The topological polar surface area (TPSA) is 40.7 Å². The molecular weight excluding hydrogens is 253 g/mol. The minimum atomic E-state index is -0.399. The lowest BCUT2D eigenvalue weighted by atomic mass is 10.0. The van der Waals surface area contributed by atoms with E-state index in [2.05, 4.69) is 15.5 Å². The summed E-state index contributed by atoms with van der Waals surface area (Å²) in [5.74, 6) is -0.399. The molecule has 2 aromatic rings. The molecule has 1 unspecified atom stereocenters. The molecule has 0 spiro atoms. The smallest absolute Gasteiger partial charge is 0.141 e. The molecule has 1 aromatic heterocycles. The molecule has 0 aliphatic carbocycles. The number of halogens is 2. The van der Waals surface area contributed by atoms with Crippen LogP contribution in [-0.4, -0.2) is 16.7 Å². The monoisotopic (exact) mass is 265 g/mol. The highest BCUT2D eigenvalue weighted by atomic mass is 35.5. The van der Waals surface area contributed by atoms with Gasteiger partial charge in [0, 0.05) is 11.6 Å². The Labute approximate surface area is 109 Å². The van der Waals surface area contributed by atoms with Crippen molar-refractivity contribution in [3.05, 3.63) is 40.9 Å². The molecule has 18 heavy (non-hydrogen) atoms. The van der Waals surface area contributed by atoms with Gasteiger partial charge < -0.3 is 5.32 Å². The molecule has 5 heteroatoms. The van der Waals surface area contributed by atoms with Crippen LogP contribution in [0.3, 0.4) is 0 Å². The number of aromatic nitrogens is 2. The Morgan fingerprint density at radius 2 is 2.28 bits per heavy atom. The summed E-state index contributed by atoms with van der Waals surface area (Å²) in [6.45, 7) is 1.02. The van der Waals surface area contributed by atoms with E-state index in [1.165, 1.54) is 6.07 Å². The second kappa shape index (κ2) is 4.71. The van der Waals surface area contributed by atoms with Gasteiger partial charge in [-0.25, -0.2) is 4.39 Å². The summed E-state index contributed by atoms with van der Waals surface area (Å²) in [6, 6.07) is 5.05. The van der Waals surface area contributed by atoms with Crippen molar-refractivity contribution in [3.8, 4) is 11.1 Å². The predicted molar refractivity (Wildman–Crippen MR) is 69.0 cm³/mol. The average Bonchev–Trinajstić information content (AvgIpc) is 3.00. The Kier molecular flexibility index (Phi) is 3.06. The third-order valence-electron chi connectivity index (χ3n) is 3.31. The molecule has 1 fully saturated rings. The molecule has 1 saturated heterocycles. The number of rotatable bonds is 2. The number of H-pyrrole nitrogens is 1. The van der Waals surface area contributed by atoms with E-state index >= 15 is 0 Å². The number of nitrogens with one attached hydrogen (secondary N) is 2. The fraction of sp³-hybridized carbons (Fsp3) is 0.308. The van der Waals surface area contributed by atoms with Crippen molar-refractivity contribution in [3.63, 3.8) is 0 Å². The van der Waals surface area contributed by atoms with Gasteiger partial charge in [-0.1, -0.05) is 17.7 Å². The van der Waals surface area contributed by atoms with Crippen molar-refractivity contribution in [2.45, 2.75) is 18.9 Å². The highest BCUT2D eigenvalue weighted by Gasteiger charge is 2.21. The first-order valence-corrected chi connectivity index (χ1v) is 6.35. The van der Waals surface area contributed by atoms with Gasteiger partial charge in [0.25, 0.3) is 0 Å². The largest absolute Gasteiger partial charge is 0.309 e. The van der Waals surface area contributed by atoms with E-state index in [0.29, 0.717) is 6.04 Å². The zero-order chi connectivity index (χ0) is 12.5. The second-order valence-electron chi connectivity index (χ2n) is 4.48. The van der Waals surface area contributed by atoms with Crippen molar-refractivity contribution >= 4 is 11.6 Å². The van der Waals surface area contributed by atoms with Crippen molar-refractivity contribution in [1.82, 2.24) is 15.5 Å². The molecular formula is C13H13ClFN3. The van der Waals surface area contributed by atoms with Gasteiger partial charge in [-0.15, -0.1) is 0 Å². The van der Waals surface area contributed by atoms with E-state index in [-0.39, 0.29) is 5.02 Å². The Hall–Kier alpha value is -1.39. The first kappa shape index (κ1) is 11.7. The van der Waals surface area contributed by atoms with Crippen LogP contribution >= 0.6 is 11.6 Å². The zero-order valence-corrected chi connectivity index (χ0v) is 10.5. The molecule has 1 atom stereocenters. The van der Waals surface area contributed by atoms with Crippen LogP contribution in [0.15, 0.2) is 24.4 Å². The van der Waals surface area contributed by atoms with Crippen LogP contribution in [0.25, 0.3) is 11.1 Å². The van der Waals surface area contributed by atoms with Crippen molar-refractivity contribution in [1.29, 1.82) is 0 Å². The highest BCUT2D eigenvalue weighted by Crippen LogP contribution is 2.32. The van der Waals surface area contributed by atoms with Gasteiger partial charge in [0.2, 0.25) is 0 Å². The van der Waals surface area contributed by atoms with Gasteiger partial charge in [-0.2, -0.15) is 5.10 Å². The number of benzene rings is 1. The van der Waals surface area contributed by atoms with E-state index in [9.17, 15) is 4.39 Å². The van der Waals surface area contributed by atoms with Gasteiger partial charge in [0.1, 0.15) is 5.82 Å². The molecule has 0 bridgehead atoms. The van der Waals surface area contributed by atoms with Crippen LogP contribution in [-0.2, 0) is 0 Å². The summed E-state index contributed by atoms with van der Waals surface area (Å²) >= 11 is 5.82. The quantitative estimate of drug-likeness (QED) is 0.875. The predicted octanol–water partition coefficient (Wildman–Crippen LogP) is 3.29. The third-order valence-corrected chi connectivity index (χ3v) is 3.60. The summed E-state index contributed by atoms with van der Waals surface area (Å²) < 4.78 is 13.2. The first-order valence-electron chi connectivity index (χ1n) is 5.98.